The molecule has 2 rings (SSSR count). The van der Waals surface area contributed by atoms with Gasteiger partial charge in [0.05, 0.1) is 11.6 Å². The zero-order valence-corrected chi connectivity index (χ0v) is 8.40. The average Bonchev–Trinajstić information content (AvgIpc) is 2.17. The van der Waals surface area contributed by atoms with Crippen LogP contribution in [0.2, 0.25) is 0 Å². The maximum Gasteiger partial charge on any atom is 0.214 e. The van der Waals surface area contributed by atoms with Crippen molar-refractivity contribution < 1.29 is 4.74 Å². The molecule has 2 heteroatoms. The van der Waals surface area contributed by atoms with Crippen molar-refractivity contribution in [3.8, 4) is 5.88 Å². The Morgan fingerprint density at radius 2 is 1.86 bits per heavy atom. The largest absolute Gasteiger partial charge is 0.475 e. The predicted molar refractivity (Wildman–Crippen MR) is 57.5 cm³/mol. The number of aromatic nitrogens is 1. The lowest BCUT2D eigenvalue weighted by atomic mass is 10.2. The van der Waals surface area contributed by atoms with Gasteiger partial charge in [0.25, 0.3) is 0 Å². The van der Waals surface area contributed by atoms with Crippen LogP contribution in [0.15, 0.2) is 36.4 Å². The highest BCUT2D eigenvalue weighted by molar-refractivity contribution is 5.78. The van der Waals surface area contributed by atoms with Crippen LogP contribution in [0.5, 0.6) is 5.88 Å². The van der Waals surface area contributed by atoms with E-state index in [-0.39, 0.29) is 6.10 Å². The molecule has 1 aromatic heterocycles. The Morgan fingerprint density at radius 1 is 1.07 bits per heavy atom. The average molecular weight is 187 g/mol. The van der Waals surface area contributed by atoms with E-state index in [0.29, 0.717) is 5.88 Å². The molecule has 2 aromatic rings. The third-order valence-electron chi connectivity index (χ3n) is 1.93. The van der Waals surface area contributed by atoms with Crippen molar-refractivity contribution in [2.75, 3.05) is 0 Å². The van der Waals surface area contributed by atoms with Crippen LogP contribution in [0.4, 0.5) is 0 Å². The molecule has 0 aliphatic heterocycles. The van der Waals surface area contributed by atoms with Crippen molar-refractivity contribution in [2.24, 2.45) is 0 Å². The summed E-state index contributed by atoms with van der Waals surface area (Å²) < 4.78 is 5.51. The maximum atomic E-state index is 5.51. The number of hydrogen-bond acceptors (Lipinski definition) is 2. The van der Waals surface area contributed by atoms with Crippen molar-refractivity contribution in [1.82, 2.24) is 4.98 Å². The Balaban J connectivity index is 2.41. The lowest BCUT2D eigenvalue weighted by Crippen LogP contribution is -2.06. The summed E-state index contributed by atoms with van der Waals surface area (Å²) in [5.41, 5.74) is 0.977. The monoisotopic (exact) mass is 187 g/mol. The van der Waals surface area contributed by atoms with Crippen LogP contribution in [0.3, 0.4) is 0 Å². The number of rotatable bonds is 2. The minimum absolute atomic E-state index is 0.170. The van der Waals surface area contributed by atoms with Gasteiger partial charge >= 0.3 is 0 Å². The van der Waals surface area contributed by atoms with E-state index in [9.17, 15) is 0 Å². The Hall–Kier alpha value is -1.57. The first-order chi connectivity index (χ1) is 6.75. The van der Waals surface area contributed by atoms with Crippen molar-refractivity contribution in [3.05, 3.63) is 36.4 Å². The molecule has 0 radical (unpaired) electrons. The number of ether oxygens (including phenoxy) is 1. The van der Waals surface area contributed by atoms with Crippen LogP contribution in [0.1, 0.15) is 13.8 Å². The Labute approximate surface area is 83.5 Å². The first-order valence-corrected chi connectivity index (χ1v) is 4.78. The van der Waals surface area contributed by atoms with Gasteiger partial charge in [-0.1, -0.05) is 18.2 Å². The molecule has 0 aliphatic rings. The third kappa shape index (κ3) is 1.84. The van der Waals surface area contributed by atoms with E-state index < -0.39 is 0 Å². The molecule has 0 atom stereocenters. The molecule has 72 valence electrons. The van der Waals surface area contributed by atoms with Gasteiger partial charge in [0.15, 0.2) is 0 Å². The lowest BCUT2D eigenvalue weighted by Gasteiger charge is -2.08. The first-order valence-electron chi connectivity index (χ1n) is 4.78. The van der Waals surface area contributed by atoms with Crippen molar-refractivity contribution >= 4 is 10.9 Å². The van der Waals surface area contributed by atoms with E-state index in [1.165, 1.54) is 0 Å². The molecule has 0 spiro atoms. The number of nitrogens with zero attached hydrogens (tertiary/aromatic N) is 1. The fourth-order valence-electron chi connectivity index (χ4n) is 1.35. The highest BCUT2D eigenvalue weighted by atomic mass is 16.5. The molecular weight excluding hydrogens is 174 g/mol. The van der Waals surface area contributed by atoms with Gasteiger partial charge in [-0.25, -0.2) is 4.98 Å². The Morgan fingerprint density at radius 3 is 2.64 bits per heavy atom. The highest BCUT2D eigenvalue weighted by Crippen LogP contribution is 2.16. The minimum Gasteiger partial charge on any atom is -0.475 e. The summed E-state index contributed by atoms with van der Waals surface area (Å²) in [6.07, 6.45) is 0.170. The molecule has 0 fully saturated rings. The Kier molecular flexibility index (Phi) is 2.35. The first kappa shape index (κ1) is 9.00. The zero-order valence-electron chi connectivity index (χ0n) is 8.40. The summed E-state index contributed by atoms with van der Waals surface area (Å²) in [4.78, 5) is 4.39. The highest BCUT2D eigenvalue weighted by Gasteiger charge is 2.00. The molecule has 1 heterocycles. The lowest BCUT2D eigenvalue weighted by molar-refractivity contribution is 0.233. The molecule has 1 aromatic carbocycles. The van der Waals surface area contributed by atoms with Crippen molar-refractivity contribution in [1.29, 1.82) is 0 Å². The summed E-state index contributed by atoms with van der Waals surface area (Å²) in [7, 11) is 0. The second kappa shape index (κ2) is 3.66. The van der Waals surface area contributed by atoms with Crippen LogP contribution in [0.25, 0.3) is 10.9 Å². The van der Waals surface area contributed by atoms with Crippen molar-refractivity contribution in [2.45, 2.75) is 20.0 Å². The van der Waals surface area contributed by atoms with Crippen LogP contribution in [0, 0.1) is 0 Å². The van der Waals surface area contributed by atoms with Crippen LogP contribution in [-0.2, 0) is 0 Å². The predicted octanol–water partition coefficient (Wildman–Crippen LogP) is 3.02. The van der Waals surface area contributed by atoms with Gasteiger partial charge in [0.1, 0.15) is 0 Å². The molecule has 0 N–H and O–H groups in total. The van der Waals surface area contributed by atoms with Gasteiger partial charge in [0.2, 0.25) is 5.88 Å². The molecule has 0 amide bonds. The van der Waals surface area contributed by atoms with Crippen LogP contribution in [-0.4, -0.2) is 11.1 Å². The quantitative estimate of drug-likeness (QED) is 0.721. The third-order valence-corrected chi connectivity index (χ3v) is 1.93. The summed E-state index contributed by atoms with van der Waals surface area (Å²) in [6.45, 7) is 3.99. The van der Waals surface area contributed by atoms with E-state index in [2.05, 4.69) is 4.98 Å². The number of benzene rings is 1. The van der Waals surface area contributed by atoms with Gasteiger partial charge in [-0.2, -0.15) is 0 Å². The van der Waals surface area contributed by atoms with Crippen LogP contribution < -0.4 is 4.74 Å². The topological polar surface area (TPSA) is 22.1 Å². The van der Waals surface area contributed by atoms with Gasteiger partial charge in [-0.05, 0) is 26.0 Å². The number of pyridine rings is 1. The molecular formula is C12H13NO. The molecule has 2 nitrogen and oxygen atoms in total. The van der Waals surface area contributed by atoms with E-state index in [0.717, 1.165) is 10.9 Å². The molecule has 0 saturated carbocycles. The second-order valence-electron chi connectivity index (χ2n) is 3.51. The van der Waals surface area contributed by atoms with E-state index in [1.54, 1.807) is 0 Å². The Bertz CT molecular complexity index is 437. The molecule has 0 bridgehead atoms. The zero-order chi connectivity index (χ0) is 9.97. The van der Waals surface area contributed by atoms with E-state index in [4.69, 9.17) is 4.74 Å². The second-order valence-corrected chi connectivity index (χ2v) is 3.51. The number of hydrogen-bond donors (Lipinski definition) is 0. The fourth-order valence-corrected chi connectivity index (χ4v) is 1.35. The van der Waals surface area contributed by atoms with Gasteiger partial charge in [-0.15, -0.1) is 0 Å². The summed E-state index contributed by atoms with van der Waals surface area (Å²) >= 11 is 0. The van der Waals surface area contributed by atoms with Crippen LogP contribution >= 0.6 is 0 Å². The van der Waals surface area contributed by atoms with E-state index in [1.807, 2.05) is 50.2 Å². The number of para-hydroxylation sites is 1. The molecule has 0 aliphatic carbocycles. The minimum atomic E-state index is 0.170. The normalized spacial score (nSPS) is 10.8. The summed E-state index contributed by atoms with van der Waals surface area (Å²) in [5.74, 6) is 0.693. The molecule has 0 unspecified atom stereocenters. The smallest absolute Gasteiger partial charge is 0.214 e. The summed E-state index contributed by atoms with van der Waals surface area (Å²) in [5, 5.41) is 1.14. The fraction of sp³-hybridized carbons (Fsp3) is 0.250. The molecule has 14 heavy (non-hydrogen) atoms. The molecule has 0 saturated heterocycles. The van der Waals surface area contributed by atoms with E-state index >= 15 is 0 Å². The van der Waals surface area contributed by atoms with Crippen molar-refractivity contribution in [3.63, 3.8) is 0 Å². The standard InChI is InChI=1S/C12H13NO/c1-9(2)14-12-8-7-10-5-3-4-6-11(10)13-12/h3-9H,1-2H3. The summed E-state index contributed by atoms with van der Waals surface area (Å²) in [6, 6.07) is 12.0. The van der Waals surface area contributed by atoms with Gasteiger partial charge in [-0.3, -0.25) is 0 Å². The van der Waals surface area contributed by atoms with Gasteiger partial charge in [0, 0.05) is 11.5 Å². The SMILES string of the molecule is CC(C)Oc1ccc2ccccc2n1. The number of fused-ring (bicyclic) bond motifs is 1. The van der Waals surface area contributed by atoms with Gasteiger partial charge < -0.3 is 4.74 Å². The maximum absolute atomic E-state index is 5.51.